The molecular weight excluding hydrogens is 835 g/mol. The molecule has 1 atom stereocenters. The number of aliphatic carboxylic acids is 3. The molecule has 0 saturated carbocycles. The number of carbonyl (C=O) groups is 5. The Hall–Kier alpha value is -3.73. The third kappa shape index (κ3) is 46.8. The van der Waals surface area contributed by atoms with Crippen LogP contribution in [0.15, 0.2) is 48.6 Å². The Kier molecular flexibility index (Phi) is 46.6. The summed E-state index contributed by atoms with van der Waals surface area (Å²) in [5, 5.41) is 26.6. The number of nitrogens with zero attached hydrogens (tertiary/aromatic N) is 1. The first-order valence-electron chi connectivity index (χ1n) is 26.1. The van der Waals surface area contributed by atoms with Crippen molar-refractivity contribution in [2.45, 2.75) is 239 Å². The molecule has 0 heterocycles. The van der Waals surface area contributed by atoms with Gasteiger partial charge >= 0.3 is 29.8 Å². The minimum absolute atomic E-state index is 0.0176. The van der Waals surface area contributed by atoms with E-state index in [2.05, 4.69) is 62.5 Å². The Balaban J connectivity index is 0. The third-order valence-electron chi connectivity index (χ3n) is 11.6. The van der Waals surface area contributed by atoms with Crippen LogP contribution in [0.2, 0.25) is 0 Å². The van der Waals surface area contributed by atoms with Crippen LogP contribution in [0.3, 0.4) is 0 Å². The number of ether oxygens (including phenoxy) is 2. The molecular formula is C55H97NO10. The lowest BCUT2D eigenvalue weighted by Gasteiger charge is -2.29. The summed E-state index contributed by atoms with van der Waals surface area (Å²) in [5.74, 6) is -3.41. The van der Waals surface area contributed by atoms with Gasteiger partial charge in [0.05, 0.1) is 5.41 Å². The Bertz CT molecular complexity index is 1260. The zero-order valence-corrected chi connectivity index (χ0v) is 42.6. The van der Waals surface area contributed by atoms with Crippen LogP contribution < -0.4 is 0 Å². The van der Waals surface area contributed by atoms with Crippen molar-refractivity contribution in [3.05, 3.63) is 48.6 Å². The van der Waals surface area contributed by atoms with E-state index < -0.39 is 35.4 Å². The molecule has 0 aliphatic heterocycles. The van der Waals surface area contributed by atoms with E-state index in [1.165, 1.54) is 89.9 Å². The molecule has 0 aromatic rings. The van der Waals surface area contributed by atoms with Gasteiger partial charge in [0.15, 0.2) is 0 Å². The Labute approximate surface area is 402 Å². The largest absolute Gasteiger partial charge is 0.481 e. The highest BCUT2D eigenvalue weighted by molar-refractivity contribution is 5.76. The van der Waals surface area contributed by atoms with Gasteiger partial charge in [0.1, 0.15) is 12.7 Å². The molecule has 11 nitrogen and oxygen atoms in total. The van der Waals surface area contributed by atoms with Crippen LogP contribution in [0.5, 0.6) is 0 Å². The van der Waals surface area contributed by atoms with Crippen LogP contribution in [0.1, 0.15) is 233 Å². The van der Waals surface area contributed by atoms with Gasteiger partial charge in [-0.05, 0) is 124 Å². The average Bonchev–Trinajstić information content (AvgIpc) is 3.26. The van der Waals surface area contributed by atoms with E-state index in [9.17, 15) is 29.1 Å². The molecule has 0 amide bonds. The van der Waals surface area contributed by atoms with Crippen LogP contribution in [0.25, 0.3) is 0 Å². The van der Waals surface area contributed by atoms with Crippen molar-refractivity contribution in [1.82, 2.24) is 4.90 Å². The number of unbranched alkanes of at least 4 members (excludes halogenated alkanes) is 18. The van der Waals surface area contributed by atoms with Gasteiger partial charge in [-0.2, -0.15) is 0 Å². The van der Waals surface area contributed by atoms with E-state index in [-0.39, 0.29) is 44.7 Å². The molecule has 0 aliphatic carbocycles. The maximum atomic E-state index is 12.9. The summed E-state index contributed by atoms with van der Waals surface area (Å²) in [4.78, 5) is 59.4. The minimum Gasteiger partial charge on any atom is -0.481 e. The highest BCUT2D eigenvalue weighted by atomic mass is 16.6. The Morgan fingerprint density at radius 2 is 0.894 bits per heavy atom. The van der Waals surface area contributed by atoms with Crippen molar-refractivity contribution in [3.8, 4) is 0 Å². The average molecular weight is 932 g/mol. The van der Waals surface area contributed by atoms with E-state index >= 15 is 0 Å². The maximum Gasteiger partial charge on any atom is 0.309 e. The first-order valence-corrected chi connectivity index (χ1v) is 26.1. The third-order valence-corrected chi connectivity index (χ3v) is 11.6. The van der Waals surface area contributed by atoms with Gasteiger partial charge < -0.3 is 29.7 Å². The fraction of sp³-hybridized carbons (Fsp3) is 0.764. The second-order valence-electron chi connectivity index (χ2n) is 18.3. The van der Waals surface area contributed by atoms with Crippen LogP contribution in [0.4, 0.5) is 0 Å². The van der Waals surface area contributed by atoms with E-state index in [4.69, 9.17) is 19.7 Å². The normalized spacial score (nSPS) is 12.3. The molecule has 0 fully saturated rings. The topological polar surface area (TPSA) is 168 Å². The second-order valence-corrected chi connectivity index (χ2v) is 18.3. The molecule has 0 radical (unpaired) electrons. The van der Waals surface area contributed by atoms with E-state index in [0.29, 0.717) is 25.7 Å². The number of hydrogen-bond acceptors (Lipinski definition) is 8. The fourth-order valence-electron chi connectivity index (χ4n) is 7.47. The highest BCUT2D eigenvalue weighted by Gasteiger charge is 2.37. The van der Waals surface area contributed by atoms with Crippen molar-refractivity contribution in [2.24, 2.45) is 5.41 Å². The molecule has 0 bridgehead atoms. The lowest BCUT2D eigenvalue weighted by Crippen LogP contribution is -2.32. The van der Waals surface area contributed by atoms with Gasteiger partial charge in [0.25, 0.3) is 0 Å². The van der Waals surface area contributed by atoms with E-state index in [0.717, 1.165) is 70.8 Å². The van der Waals surface area contributed by atoms with Crippen molar-refractivity contribution in [2.75, 3.05) is 27.2 Å². The van der Waals surface area contributed by atoms with Gasteiger partial charge in [0, 0.05) is 25.7 Å². The summed E-state index contributed by atoms with van der Waals surface area (Å²) in [6.45, 7) is 6.98. The molecule has 0 aromatic carbocycles. The highest BCUT2D eigenvalue weighted by Crippen LogP contribution is 2.37. The zero-order valence-electron chi connectivity index (χ0n) is 42.6. The van der Waals surface area contributed by atoms with Gasteiger partial charge in [-0.3, -0.25) is 24.0 Å². The van der Waals surface area contributed by atoms with Gasteiger partial charge in [-0.25, -0.2) is 0 Å². The number of esters is 2. The first-order chi connectivity index (χ1) is 31.8. The lowest BCUT2D eigenvalue weighted by atomic mass is 9.74. The zero-order chi connectivity index (χ0) is 49.4. The van der Waals surface area contributed by atoms with E-state index in [1.807, 2.05) is 19.0 Å². The molecule has 1 unspecified atom stereocenters. The van der Waals surface area contributed by atoms with Crippen molar-refractivity contribution in [3.63, 3.8) is 0 Å². The number of carboxylic acid groups (broad SMARTS) is 3. The standard InChI is InChI=1S/C50H89NO6.C5H8O4/c1-6-8-10-12-14-16-18-20-22-24-26-28-30-32-34-36-41-50(49(54)55,43-40-47(52)56-45-46(3)57-48(53)39-38-44-51(4)5)42-37-35-33-31-29-27-25-23-21-19-17-15-13-11-9-7-2;6-4(7)2-1-3-5(8)9/h14-17,20-23,46H,6-13,18-19,24-45H2,1-5H3,(H,54,55);1-3H2,(H,6,7)(H,8,9)/b16-14+,17-15+,22-20+,23-21+;. The molecule has 0 rings (SSSR count). The van der Waals surface area contributed by atoms with Crippen molar-refractivity contribution >= 4 is 29.8 Å². The maximum absolute atomic E-state index is 12.9. The van der Waals surface area contributed by atoms with Crippen molar-refractivity contribution < 1.29 is 48.8 Å². The fourth-order valence-corrected chi connectivity index (χ4v) is 7.47. The summed E-state index contributed by atoms with van der Waals surface area (Å²) in [7, 11) is 3.92. The molecule has 0 saturated heterocycles. The lowest BCUT2D eigenvalue weighted by molar-refractivity contribution is -0.159. The summed E-state index contributed by atoms with van der Waals surface area (Å²) < 4.78 is 10.9. The Morgan fingerprint density at radius 3 is 1.29 bits per heavy atom. The summed E-state index contributed by atoms with van der Waals surface area (Å²) in [6, 6.07) is 0. The van der Waals surface area contributed by atoms with Crippen LogP contribution in [-0.4, -0.2) is 83.4 Å². The second kappa shape index (κ2) is 47.8. The van der Waals surface area contributed by atoms with Crippen LogP contribution >= 0.6 is 0 Å². The number of allylic oxidation sites excluding steroid dienone is 8. The smallest absolute Gasteiger partial charge is 0.309 e. The van der Waals surface area contributed by atoms with Gasteiger partial charge in [-0.1, -0.05) is 152 Å². The van der Waals surface area contributed by atoms with Gasteiger partial charge in [-0.15, -0.1) is 0 Å². The molecule has 0 aliphatic rings. The SMILES string of the molecule is CCCCC/C=C/C/C=C/CCCCCCCCC(CCCCCCCC/C=C/C/C=C/CCCCC)(CCC(=O)OCC(C)OC(=O)CCCN(C)C)C(=O)O.O=C(O)CCCC(=O)O. The summed E-state index contributed by atoms with van der Waals surface area (Å²) in [5.41, 5.74) is -0.923. The Morgan fingerprint density at radius 1 is 0.485 bits per heavy atom. The predicted molar refractivity (Wildman–Crippen MR) is 271 cm³/mol. The molecule has 3 N–H and O–H groups in total. The number of carboxylic acids is 3. The predicted octanol–water partition coefficient (Wildman–Crippen LogP) is 14.4. The number of hydrogen-bond donors (Lipinski definition) is 3. The van der Waals surface area contributed by atoms with Crippen LogP contribution in [-0.2, 0) is 33.4 Å². The molecule has 66 heavy (non-hydrogen) atoms. The monoisotopic (exact) mass is 932 g/mol. The summed E-state index contributed by atoms with van der Waals surface area (Å²) >= 11 is 0. The van der Waals surface area contributed by atoms with Crippen LogP contribution in [0, 0.1) is 5.41 Å². The minimum atomic E-state index is -0.948. The van der Waals surface area contributed by atoms with Crippen molar-refractivity contribution in [1.29, 1.82) is 0 Å². The molecule has 11 heteroatoms. The molecule has 382 valence electrons. The molecule has 0 spiro atoms. The number of rotatable bonds is 45. The van der Waals surface area contributed by atoms with Gasteiger partial charge in [0.2, 0.25) is 0 Å². The molecule has 0 aromatic heterocycles. The quantitative estimate of drug-likeness (QED) is 0.0302. The summed E-state index contributed by atoms with van der Waals surface area (Å²) in [6.07, 6.45) is 47.9. The number of carbonyl (C=O) groups excluding carboxylic acids is 2. The first kappa shape index (κ1) is 64.4. The van der Waals surface area contributed by atoms with E-state index in [1.54, 1.807) is 6.92 Å².